The molecule has 15 atom stereocenters. The maximum absolute atomic E-state index is 11.9. The SMILES string of the molecule is CC1(O[C@H]2[C@H](O)[C@@H](O)C(O[C@H]3[C@H](O)[C@@H](O)[C@@H](O)O[C@@H]3CO)O[C@@H]2CO)O[C@H](CO)[C@@H](O)[C@H](O)[C@]1(O)C(=O)O. The smallest absolute Gasteiger partial charge is 0.344 e. The van der Waals surface area contributed by atoms with E-state index < -0.39 is 117 Å². The maximum Gasteiger partial charge on any atom is 0.344 e. The lowest BCUT2D eigenvalue weighted by molar-refractivity contribution is -0.421. The molecule has 0 radical (unpaired) electrons. The zero-order valence-corrected chi connectivity index (χ0v) is 19.9. The third kappa shape index (κ3) is 5.17. The molecule has 18 nitrogen and oxygen atoms in total. The van der Waals surface area contributed by atoms with Gasteiger partial charge in [-0.2, -0.15) is 0 Å². The Morgan fingerprint density at radius 1 is 0.763 bits per heavy atom. The fourth-order valence-electron chi connectivity index (χ4n) is 4.71. The van der Waals surface area contributed by atoms with Gasteiger partial charge in [-0.25, -0.2) is 4.79 Å². The second kappa shape index (κ2) is 11.7. The number of aliphatic carboxylic acids is 1. The van der Waals surface area contributed by atoms with Crippen molar-refractivity contribution in [3.8, 4) is 0 Å². The van der Waals surface area contributed by atoms with E-state index in [1.165, 1.54) is 0 Å². The van der Waals surface area contributed by atoms with Gasteiger partial charge in [-0.15, -0.1) is 0 Å². The van der Waals surface area contributed by atoms with Crippen LogP contribution in [-0.2, 0) is 28.5 Å². The third-order valence-corrected chi connectivity index (χ3v) is 7.02. The third-order valence-electron chi connectivity index (χ3n) is 7.02. The van der Waals surface area contributed by atoms with Crippen LogP contribution in [0.5, 0.6) is 0 Å². The van der Waals surface area contributed by atoms with Crippen LogP contribution >= 0.6 is 0 Å². The number of hydrogen-bond acceptors (Lipinski definition) is 17. The Morgan fingerprint density at radius 3 is 1.82 bits per heavy atom. The molecule has 0 bridgehead atoms. The molecule has 3 aliphatic rings. The minimum absolute atomic E-state index is 0.809. The van der Waals surface area contributed by atoms with E-state index in [9.17, 15) is 66.1 Å². The van der Waals surface area contributed by atoms with Crippen LogP contribution in [0.1, 0.15) is 6.92 Å². The highest BCUT2D eigenvalue weighted by Gasteiger charge is 2.69. The average molecular weight is 562 g/mol. The molecule has 3 rings (SSSR count). The van der Waals surface area contributed by atoms with Crippen molar-refractivity contribution in [2.24, 2.45) is 0 Å². The Kier molecular flexibility index (Phi) is 9.69. The van der Waals surface area contributed by atoms with Gasteiger partial charge in [-0.05, 0) is 6.92 Å². The second-order valence-electron chi connectivity index (χ2n) is 9.41. The van der Waals surface area contributed by atoms with Crippen molar-refractivity contribution in [3.05, 3.63) is 0 Å². The van der Waals surface area contributed by atoms with Crippen molar-refractivity contribution >= 4 is 5.97 Å². The predicted molar refractivity (Wildman–Crippen MR) is 112 cm³/mol. The molecule has 3 aliphatic heterocycles. The maximum atomic E-state index is 11.9. The number of carbonyl (C=O) groups is 1. The standard InChI is InChI=1S/C20H34O18/c1-19(20(33,18(31)32)15(29)8(24)5(2-21)37-19)38-14-7(4-23)35-17(12(28)10(14)26)36-13-6(3-22)34-16(30)11(27)9(13)25/h5-17,21-30,33H,2-4H2,1H3,(H,31,32)/t5-,6-,7-,8-,9-,10-,11-,12-,13-,14-,15+,16+,17?,19?,20+/m1/s1. The van der Waals surface area contributed by atoms with E-state index >= 15 is 0 Å². The second-order valence-corrected chi connectivity index (χ2v) is 9.41. The molecule has 12 N–H and O–H groups in total. The van der Waals surface area contributed by atoms with E-state index in [-0.39, 0.29) is 0 Å². The van der Waals surface area contributed by atoms with E-state index in [2.05, 4.69) is 0 Å². The van der Waals surface area contributed by atoms with Gasteiger partial charge in [0.2, 0.25) is 11.4 Å². The molecule has 222 valence electrons. The number of carboxylic acids is 1. The van der Waals surface area contributed by atoms with Crippen molar-refractivity contribution < 1.29 is 89.8 Å². The van der Waals surface area contributed by atoms with Crippen LogP contribution in [-0.4, -0.2) is 178 Å². The van der Waals surface area contributed by atoms with Gasteiger partial charge in [0.05, 0.1) is 19.8 Å². The quantitative estimate of drug-likeness (QED) is 0.131. The highest BCUT2D eigenvalue weighted by molar-refractivity contribution is 5.80. The number of ether oxygens (including phenoxy) is 5. The summed E-state index contributed by atoms with van der Waals surface area (Å²) in [5, 5.41) is 121. The van der Waals surface area contributed by atoms with Crippen molar-refractivity contribution in [1.82, 2.24) is 0 Å². The van der Waals surface area contributed by atoms with Gasteiger partial charge < -0.3 is 85.0 Å². The summed E-state index contributed by atoms with van der Waals surface area (Å²) in [6.45, 7) is -1.96. The molecule has 3 fully saturated rings. The number of aliphatic hydroxyl groups is 11. The van der Waals surface area contributed by atoms with Gasteiger partial charge >= 0.3 is 5.97 Å². The van der Waals surface area contributed by atoms with Crippen molar-refractivity contribution in [3.63, 3.8) is 0 Å². The van der Waals surface area contributed by atoms with Crippen LogP contribution < -0.4 is 0 Å². The monoisotopic (exact) mass is 562 g/mol. The lowest BCUT2D eigenvalue weighted by atomic mass is 9.80. The topological polar surface area (TPSA) is 306 Å². The summed E-state index contributed by atoms with van der Waals surface area (Å²) in [5.74, 6) is -4.95. The van der Waals surface area contributed by atoms with E-state index in [0.717, 1.165) is 6.92 Å². The predicted octanol–water partition coefficient (Wildman–Crippen LogP) is -7.73. The fraction of sp³-hybridized carbons (Fsp3) is 0.950. The molecule has 2 unspecified atom stereocenters. The summed E-state index contributed by atoms with van der Waals surface area (Å²) >= 11 is 0. The number of carboxylic acid groups (broad SMARTS) is 1. The van der Waals surface area contributed by atoms with Gasteiger partial charge in [-0.1, -0.05) is 0 Å². The summed E-state index contributed by atoms with van der Waals surface area (Å²) < 4.78 is 26.5. The molecule has 0 aliphatic carbocycles. The highest BCUT2D eigenvalue weighted by Crippen LogP contribution is 2.42. The number of rotatable bonds is 8. The molecule has 18 heteroatoms. The van der Waals surface area contributed by atoms with Crippen LogP contribution in [0.15, 0.2) is 0 Å². The average Bonchev–Trinajstić information content (AvgIpc) is 2.88. The Bertz CT molecular complexity index is 813. The Hall–Kier alpha value is -1.17. The normalized spacial score (nSPS) is 52.1. The molecular weight excluding hydrogens is 528 g/mol. The van der Waals surface area contributed by atoms with Crippen LogP contribution in [0, 0.1) is 0 Å². The molecule has 0 aromatic rings. The Balaban J connectivity index is 1.86. The van der Waals surface area contributed by atoms with Crippen LogP contribution in [0.25, 0.3) is 0 Å². The fourth-order valence-corrected chi connectivity index (χ4v) is 4.71. The Morgan fingerprint density at radius 2 is 1.29 bits per heavy atom. The first-order chi connectivity index (χ1) is 17.7. The van der Waals surface area contributed by atoms with Crippen molar-refractivity contribution in [2.75, 3.05) is 19.8 Å². The van der Waals surface area contributed by atoms with Gasteiger partial charge in [-0.3, -0.25) is 0 Å². The van der Waals surface area contributed by atoms with Gasteiger partial charge in [0.1, 0.15) is 67.1 Å². The van der Waals surface area contributed by atoms with Crippen molar-refractivity contribution in [2.45, 2.75) is 98.0 Å². The molecule has 0 spiro atoms. The first kappa shape index (κ1) is 31.4. The summed E-state index contributed by atoms with van der Waals surface area (Å²) in [6, 6.07) is 0. The van der Waals surface area contributed by atoms with Crippen molar-refractivity contribution in [1.29, 1.82) is 0 Å². The first-order valence-electron chi connectivity index (χ1n) is 11.5. The highest BCUT2D eigenvalue weighted by atomic mass is 16.8. The van der Waals surface area contributed by atoms with E-state index in [4.69, 9.17) is 23.7 Å². The summed E-state index contributed by atoms with van der Waals surface area (Å²) in [6.07, 6.45) is -24.6. The van der Waals surface area contributed by atoms with E-state index in [1.54, 1.807) is 0 Å². The first-order valence-corrected chi connectivity index (χ1v) is 11.5. The van der Waals surface area contributed by atoms with Crippen LogP contribution in [0.2, 0.25) is 0 Å². The van der Waals surface area contributed by atoms with E-state index in [0.29, 0.717) is 0 Å². The largest absolute Gasteiger partial charge is 0.479 e. The molecule has 0 saturated carbocycles. The lowest BCUT2D eigenvalue weighted by Gasteiger charge is -2.54. The molecule has 38 heavy (non-hydrogen) atoms. The lowest BCUT2D eigenvalue weighted by Crippen LogP contribution is -2.77. The van der Waals surface area contributed by atoms with Gasteiger partial charge in [0, 0.05) is 0 Å². The zero-order chi connectivity index (χ0) is 28.7. The molecule has 0 aromatic heterocycles. The molecule has 3 saturated heterocycles. The zero-order valence-electron chi connectivity index (χ0n) is 19.9. The molecular formula is C20H34O18. The summed E-state index contributed by atoms with van der Waals surface area (Å²) in [5.41, 5.74) is -3.40. The number of aliphatic hydroxyl groups excluding tert-OH is 10. The van der Waals surface area contributed by atoms with Crippen LogP contribution in [0.4, 0.5) is 0 Å². The summed E-state index contributed by atoms with van der Waals surface area (Å²) in [4.78, 5) is 11.9. The van der Waals surface area contributed by atoms with E-state index in [1.807, 2.05) is 0 Å². The van der Waals surface area contributed by atoms with Gasteiger partial charge in [0.15, 0.2) is 12.6 Å². The molecule has 0 aromatic carbocycles. The van der Waals surface area contributed by atoms with Gasteiger partial charge in [0.25, 0.3) is 0 Å². The molecule has 0 amide bonds. The minimum atomic E-state index is -3.40. The summed E-state index contributed by atoms with van der Waals surface area (Å²) in [7, 11) is 0. The number of hydrogen-bond donors (Lipinski definition) is 12. The van der Waals surface area contributed by atoms with Crippen LogP contribution in [0.3, 0.4) is 0 Å². The Labute approximate surface area is 214 Å². The molecule has 3 heterocycles. The minimum Gasteiger partial charge on any atom is -0.479 e.